The van der Waals surface area contributed by atoms with Gasteiger partial charge >= 0.3 is 0 Å². The Bertz CT molecular complexity index is 476. The molecule has 78 valence electrons. The van der Waals surface area contributed by atoms with Crippen LogP contribution in [0.4, 0.5) is 0 Å². The zero-order valence-corrected chi connectivity index (χ0v) is 9.64. The Morgan fingerprint density at radius 2 is 2.07 bits per heavy atom. The zero-order chi connectivity index (χ0) is 10.8. The lowest BCUT2D eigenvalue weighted by atomic mass is 10.1. The lowest BCUT2D eigenvalue weighted by molar-refractivity contribution is 0.281. The molecule has 0 aliphatic heterocycles. The first kappa shape index (κ1) is 10.3. The van der Waals surface area contributed by atoms with Gasteiger partial charge in [-0.1, -0.05) is 12.1 Å². The Morgan fingerprint density at radius 3 is 2.67 bits per heavy atom. The molecule has 0 fully saturated rings. The average Bonchev–Trinajstić information content (AvgIpc) is 2.70. The quantitative estimate of drug-likeness (QED) is 0.842. The van der Waals surface area contributed by atoms with Gasteiger partial charge in [-0.15, -0.1) is 11.3 Å². The van der Waals surface area contributed by atoms with E-state index < -0.39 is 0 Å². The summed E-state index contributed by atoms with van der Waals surface area (Å²) in [5.41, 5.74) is 4.63. The Balaban J connectivity index is 2.40. The van der Waals surface area contributed by atoms with Crippen LogP contribution < -0.4 is 0 Å². The van der Waals surface area contributed by atoms with Crippen LogP contribution in [0.1, 0.15) is 16.1 Å². The number of hydrogen-bond acceptors (Lipinski definition) is 3. The van der Waals surface area contributed by atoms with Gasteiger partial charge in [0, 0.05) is 10.9 Å². The second-order valence-electron chi connectivity index (χ2n) is 3.58. The topological polar surface area (TPSA) is 33.1 Å². The summed E-state index contributed by atoms with van der Waals surface area (Å²) in [7, 11) is 0. The molecule has 0 atom stereocenters. The van der Waals surface area contributed by atoms with Crippen molar-refractivity contribution >= 4 is 11.3 Å². The van der Waals surface area contributed by atoms with E-state index in [9.17, 15) is 0 Å². The van der Waals surface area contributed by atoms with Gasteiger partial charge in [0.1, 0.15) is 5.01 Å². The van der Waals surface area contributed by atoms with Crippen LogP contribution in [0.2, 0.25) is 0 Å². The number of nitrogens with zero attached hydrogens (tertiary/aromatic N) is 1. The molecule has 2 aromatic rings. The van der Waals surface area contributed by atoms with Crippen molar-refractivity contribution in [2.24, 2.45) is 0 Å². The van der Waals surface area contributed by atoms with Crippen LogP contribution >= 0.6 is 11.3 Å². The highest BCUT2D eigenvalue weighted by atomic mass is 32.1. The summed E-state index contributed by atoms with van der Waals surface area (Å²) >= 11 is 1.49. The molecule has 0 spiro atoms. The maximum atomic E-state index is 8.94. The van der Waals surface area contributed by atoms with Gasteiger partial charge in [0.05, 0.1) is 12.3 Å². The van der Waals surface area contributed by atoms with Gasteiger partial charge in [-0.2, -0.15) is 0 Å². The molecule has 0 bridgehead atoms. The number of aliphatic hydroxyl groups excluding tert-OH is 1. The van der Waals surface area contributed by atoms with Crippen LogP contribution in [-0.2, 0) is 6.61 Å². The first-order valence-electron chi connectivity index (χ1n) is 4.83. The van der Waals surface area contributed by atoms with Crippen molar-refractivity contribution in [3.63, 3.8) is 0 Å². The van der Waals surface area contributed by atoms with Crippen molar-refractivity contribution in [2.45, 2.75) is 20.5 Å². The van der Waals surface area contributed by atoms with Crippen LogP contribution in [0.15, 0.2) is 23.6 Å². The summed E-state index contributed by atoms with van der Waals surface area (Å²) in [5, 5.41) is 11.7. The van der Waals surface area contributed by atoms with Crippen LogP contribution in [0.25, 0.3) is 11.3 Å². The first-order chi connectivity index (χ1) is 7.20. The highest BCUT2D eigenvalue weighted by molar-refractivity contribution is 7.09. The van der Waals surface area contributed by atoms with E-state index in [0.717, 1.165) is 16.3 Å². The Morgan fingerprint density at radius 1 is 1.27 bits per heavy atom. The van der Waals surface area contributed by atoms with E-state index in [-0.39, 0.29) is 6.61 Å². The van der Waals surface area contributed by atoms with E-state index in [1.807, 2.05) is 5.38 Å². The molecule has 0 aliphatic carbocycles. The Labute approximate surface area is 93.2 Å². The monoisotopic (exact) mass is 219 g/mol. The SMILES string of the molecule is Cc1ccc(-c2csc(CO)n2)cc1C. The third-order valence-electron chi connectivity index (χ3n) is 2.49. The molecule has 0 radical (unpaired) electrons. The largest absolute Gasteiger partial charge is 0.389 e. The second kappa shape index (κ2) is 4.13. The van der Waals surface area contributed by atoms with Gasteiger partial charge in [-0.25, -0.2) is 4.98 Å². The number of thiazole rings is 1. The van der Waals surface area contributed by atoms with E-state index in [0.29, 0.717) is 0 Å². The van der Waals surface area contributed by atoms with Gasteiger partial charge in [0.15, 0.2) is 0 Å². The molecule has 2 rings (SSSR count). The Hall–Kier alpha value is -1.19. The van der Waals surface area contributed by atoms with Gasteiger partial charge in [-0.3, -0.25) is 0 Å². The Kier molecular flexibility index (Phi) is 2.84. The zero-order valence-electron chi connectivity index (χ0n) is 8.82. The fraction of sp³-hybridized carbons (Fsp3) is 0.250. The maximum absolute atomic E-state index is 8.94. The molecule has 1 N–H and O–H groups in total. The smallest absolute Gasteiger partial charge is 0.119 e. The minimum Gasteiger partial charge on any atom is -0.389 e. The third kappa shape index (κ3) is 2.08. The standard InChI is InChI=1S/C12H13NOS/c1-8-3-4-10(5-9(8)2)11-7-15-12(6-14)13-11/h3-5,7,14H,6H2,1-2H3. The van der Waals surface area contributed by atoms with E-state index in [2.05, 4.69) is 37.0 Å². The summed E-state index contributed by atoms with van der Waals surface area (Å²) in [6, 6.07) is 6.30. The van der Waals surface area contributed by atoms with Crippen molar-refractivity contribution in [3.8, 4) is 11.3 Å². The number of aliphatic hydroxyl groups is 1. The number of rotatable bonds is 2. The van der Waals surface area contributed by atoms with Crippen LogP contribution in [0.5, 0.6) is 0 Å². The third-order valence-corrected chi connectivity index (χ3v) is 3.32. The predicted molar refractivity (Wildman–Crippen MR) is 62.9 cm³/mol. The molecule has 2 nitrogen and oxygen atoms in total. The van der Waals surface area contributed by atoms with E-state index in [4.69, 9.17) is 5.11 Å². The van der Waals surface area contributed by atoms with Crippen LogP contribution in [-0.4, -0.2) is 10.1 Å². The van der Waals surface area contributed by atoms with E-state index in [1.54, 1.807) is 0 Å². The molecule has 1 aromatic heterocycles. The molecule has 3 heteroatoms. The lowest BCUT2D eigenvalue weighted by Crippen LogP contribution is -1.85. The molecular weight excluding hydrogens is 206 g/mol. The normalized spacial score (nSPS) is 10.6. The van der Waals surface area contributed by atoms with Crippen molar-refractivity contribution in [1.29, 1.82) is 0 Å². The molecule has 0 amide bonds. The molecule has 0 unspecified atom stereocenters. The fourth-order valence-electron chi connectivity index (χ4n) is 1.42. The molecule has 1 heterocycles. The van der Waals surface area contributed by atoms with Gasteiger partial charge in [0.2, 0.25) is 0 Å². The molecule has 0 saturated heterocycles. The number of aryl methyl sites for hydroxylation is 2. The summed E-state index contributed by atoms with van der Waals surface area (Å²) in [5.74, 6) is 0. The van der Waals surface area contributed by atoms with Crippen molar-refractivity contribution in [1.82, 2.24) is 4.98 Å². The van der Waals surface area contributed by atoms with Gasteiger partial charge in [-0.05, 0) is 31.0 Å². The maximum Gasteiger partial charge on any atom is 0.119 e. The lowest BCUT2D eigenvalue weighted by Gasteiger charge is -2.02. The van der Waals surface area contributed by atoms with E-state index >= 15 is 0 Å². The highest BCUT2D eigenvalue weighted by Gasteiger charge is 2.04. The molecule has 1 aromatic carbocycles. The minimum atomic E-state index is 0.0233. The summed E-state index contributed by atoms with van der Waals surface area (Å²) < 4.78 is 0. The fourth-order valence-corrected chi connectivity index (χ4v) is 2.08. The summed E-state index contributed by atoms with van der Waals surface area (Å²) in [6.45, 7) is 4.22. The number of aromatic nitrogens is 1. The van der Waals surface area contributed by atoms with Crippen molar-refractivity contribution in [3.05, 3.63) is 39.7 Å². The van der Waals surface area contributed by atoms with Crippen molar-refractivity contribution in [2.75, 3.05) is 0 Å². The first-order valence-corrected chi connectivity index (χ1v) is 5.71. The average molecular weight is 219 g/mol. The van der Waals surface area contributed by atoms with Gasteiger partial charge in [0.25, 0.3) is 0 Å². The highest BCUT2D eigenvalue weighted by Crippen LogP contribution is 2.23. The van der Waals surface area contributed by atoms with Crippen molar-refractivity contribution < 1.29 is 5.11 Å². The molecule has 0 aliphatic rings. The molecular formula is C12H13NOS. The minimum absolute atomic E-state index is 0.0233. The summed E-state index contributed by atoms with van der Waals surface area (Å²) in [6.07, 6.45) is 0. The number of hydrogen-bond donors (Lipinski definition) is 1. The van der Waals surface area contributed by atoms with Crippen LogP contribution in [0.3, 0.4) is 0 Å². The number of benzene rings is 1. The molecule has 0 saturated carbocycles. The van der Waals surface area contributed by atoms with E-state index in [1.165, 1.54) is 22.5 Å². The van der Waals surface area contributed by atoms with Gasteiger partial charge < -0.3 is 5.11 Å². The molecule has 15 heavy (non-hydrogen) atoms. The van der Waals surface area contributed by atoms with Crippen LogP contribution in [0, 0.1) is 13.8 Å². The summed E-state index contributed by atoms with van der Waals surface area (Å²) in [4.78, 5) is 4.34. The second-order valence-corrected chi connectivity index (χ2v) is 4.53. The predicted octanol–water partition coefficient (Wildman–Crippen LogP) is 2.92.